The minimum absolute atomic E-state index is 0.170. The van der Waals surface area contributed by atoms with Crippen LogP contribution >= 0.6 is 0 Å². The van der Waals surface area contributed by atoms with E-state index in [1.165, 1.54) is 12.1 Å². The molecule has 1 aromatic carbocycles. The van der Waals surface area contributed by atoms with Crippen LogP contribution in [0.2, 0.25) is 0 Å². The number of pyridine rings is 1. The molecule has 6 rings (SSSR count). The summed E-state index contributed by atoms with van der Waals surface area (Å²) in [6.45, 7) is 5.63. The molecule has 212 valence electrons. The molecule has 0 aliphatic carbocycles. The Labute approximate surface area is 242 Å². The molecule has 4 aromatic rings. The number of hydrogen-bond acceptors (Lipinski definition) is 8. The largest absolute Gasteiger partial charge is 0.482 e. The van der Waals surface area contributed by atoms with Gasteiger partial charge < -0.3 is 19.3 Å². The minimum Gasteiger partial charge on any atom is -0.482 e. The van der Waals surface area contributed by atoms with Crippen LogP contribution in [0, 0.1) is 36.0 Å². The van der Waals surface area contributed by atoms with Crippen molar-refractivity contribution in [3.05, 3.63) is 90.3 Å². The van der Waals surface area contributed by atoms with Crippen LogP contribution in [0.3, 0.4) is 0 Å². The zero-order chi connectivity index (χ0) is 29.1. The molecule has 0 N–H and O–H groups in total. The number of aromatic nitrogens is 5. The summed E-state index contributed by atoms with van der Waals surface area (Å²) in [5.41, 5.74) is 4.70. The number of likely N-dealkylation sites (tertiary alicyclic amines) is 1. The molecule has 1 unspecified atom stereocenters. The molecule has 3 aromatic heterocycles. The van der Waals surface area contributed by atoms with Gasteiger partial charge >= 0.3 is 0 Å². The first-order chi connectivity index (χ1) is 20.5. The molecule has 10 nitrogen and oxygen atoms in total. The van der Waals surface area contributed by atoms with Crippen molar-refractivity contribution in [1.29, 1.82) is 5.26 Å². The van der Waals surface area contributed by atoms with Crippen molar-refractivity contribution in [1.82, 2.24) is 34.4 Å². The third-order valence-electron chi connectivity index (χ3n) is 7.54. The first kappa shape index (κ1) is 26.9. The molecule has 2 aliphatic rings. The zero-order valence-corrected chi connectivity index (χ0v) is 23.3. The fourth-order valence-electron chi connectivity index (χ4n) is 5.37. The predicted octanol–water partition coefficient (Wildman–Crippen LogP) is 4.92. The first-order valence-electron chi connectivity index (χ1n) is 13.7. The van der Waals surface area contributed by atoms with Crippen LogP contribution in [0.1, 0.15) is 48.7 Å². The van der Waals surface area contributed by atoms with Gasteiger partial charge in [0.1, 0.15) is 41.4 Å². The van der Waals surface area contributed by atoms with Crippen molar-refractivity contribution in [2.75, 3.05) is 19.6 Å². The Morgan fingerprint density at radius 2 is 1.93 bits per heavy atom. The second-order valence-electron chi connectivity index (χ2n) is 10.2. The molecule has 0 bridgehead atoms. The smallest absolute Gasteiger partial charge is 0.179 e. The Balaban J connectivity index is 1.40. The molecule has 0 spiro atoms. The standard InChI is InChI=1S/C31H29FN8O2/c1-3-4-24-18-34-39-19-25(30-22(2)40(36-35-30)27-9-11-38(21-33)12-10-27)17-28(31(24)39)42-29(20-37-13-15-41-16-14-37)23-5-7-26(32)8-6-23/h5-8,13-19,27,29H,9-12,20H2,1-2H3. The van der Waals surface area contributed by atoms with E-state index in [1.54, 1.807) is 47.2 Å². The van der Waals surface area contributed by atoms with Gasteiger partial charge in [0.25, 0.3) is 0 Å². The van der Waals surface area contributed by atoms with Crippen LogP contribution in [0.15, 0.2) is 67.6 Å². The van der Waals surface area contributed by atoms with E-state index in [0.717, 1.165) is 46.4 Å². The normalized spacial score (nSPS) is 15.7. The van der Waals surface area contributed by atoms with Gasteiger partial charge in [0.15, 0.2) is 6.19 Å². The molecule has 0 amide bonds. The molecule has 1 atom stereocenters. The van der Waals surface area contributed by atoms with Gasteiger partial charge in [-0.1, -0.05) is 23.3 Å². The topological polar surface area (TPSA) is 96.7 Å². The lowest BCUT2D eigenvalue weighted by Crippen LogP contribution is -2.31. The van der Waals surface area contributed by atoms with Crippen LogP contribution in [0.5, 0.6) is 5.75 Å². The highest BCUT2D eigenvalue weighted by molar-refractivity contribution is 5.75. The van der Waals surface area contributed by atoms with Gasteiger partial charge in [-0.15, -0.1) is 11.0 Å². The lowest BCUT2D eigenvalue weighted by molar-refractivity contribution is 0.173. The third-order valence-corrected chi connectivity index (χ3v) is 7.54. The maximum atomic E-state index is 13.8. The predicted molar refractivity (Wildman–Crippen MR) is 153 cm³/mol. The van der Waals surface area contributed by atoms with Gasteiger partial charge in [-0.3, -0.25) is 0 Å². The Morgan fingerprint density at radius 3 is 2.64 bits per heavy atom. The molecule has 2 aliphatic heterocycles. The van der Waals surface area contributed by atoms with Crippen molar-refractivity contribution in [3.63, 3.8) is 0 Å². The number of nitrogens with zero attached hydrogens (tertiary/aromatic N) is 8. The number of benzene rings is 1. The Bertz CT molecular complexity index is 1740. The van der Waals surface area contributed by atoms with Crippen molar-refractivity contribution < 1.29 is 13.9 Å². The van der Waals surface area contributed by atoms with E-state index in [9.17, 15) is 9.65 Å². The lowest BCUT2D eigenvalue weighted by atomic mass is 10.0. The van der Waals surface area contributed by atoms with Crippen LogP contribution < -0.4 is 4.74 Å². The highest BCUT2D eigenvalue weighted by atomic mass is 19.1. The summed E-state index contributed by atoms with van der Waals surface area (Å²) in [4.78, 5) is 3.71. The van der Waals surface area contributed by atoms with E-state index in [4.69, 9.17) is 9.47 Å². The van der Waals surface area contributed by atoms with Crippen molar-refractivity contribution in [3.8, 4) is 35.0 Å². The van der Waals surface area contributed by atoms with Crippen LogP contribution in [-0.4, -0.2) is 54.0 Å². The molecule has 0 radical (unpaired) electrons. The van der Waals surface area contributed by atoms with Crippen molar-refractivity contribution in [2.24, 2.45) is 0 Å². The van der Waals surface area contributed by atoms with E-state index in [2.05, 4.69) is 33.4 Å². The van der Waals surface area contributed by atoms with Gasteiger partial charge in [0, 0.05) is 37.2 Å². The van der Waals surface area contributed by atoms with Crippen molar-refractivity contribution in [2.45, 2.75) is 38.8 Å². The highest BCUT2D eigenvalue weighted by Crippen LogP contribution is 2.35. The Kier molecular flexibility index (Phi) is 7.48. The Hall–Kier alpha value is -5.29. The molecule has 5 heterocycles. The lowest BCUT2D eigenvalue weighted by Gasteiger charge is -2.28. The Morgan fingerprint density at radius 1 is 1.17 bits per heavy atom. The molecular formula is C31H29FN8O2. The number of fused-ring (bicyclic) bond motifs is 1. The fraction of sp³-hybridized carbons (Fsp3) is 0.290. The summed E-state index contributed by atoms with van der Waals surface area (Å²) in [6.07, 6.45) is 13.8. The zero-order valence-electron chi connectivity index (χ0n) is 23.3. The monoisotopic (exact) mass is 564 g/mol. The summed E-state index contributed by atoms with van der Waals surface area (Å²) in [5, 5.41) is 22.9. The SMILES string of the molecule is CC#Cc1cnn2cc(-c3nnn(C4CCN(C#N)CC4)c3C)cc(OC(CN3C=COC=C3)c3ccc(F)cc3)c12. The summed E-state index contributed by atoms with van der Waals surface area (Å²) >= 11 is 0. The number of nitriles is 1. The number of hydrogen-bond donors (Lipinski definition) is 0. The summed E-state index contributed by atoms with van der Waals surface area (Å²) in [6, 6.07) is 8.43. The van der Waals surface area contributed by atoms with Gasteiger partial charge in [-0.2, -0.15) is 10.4 Å². The van der Waals surface area contributed by atoms with Gasteiger partial charge in [0.05, 0.1) is 30.0 Å². The highest BCUT2D eigenvalue weighted by Gasteiger charge is 2.25. The van der Waals surface area contributed by atoms with Crippen LogP contribution in [0.25, 0.3) is 16.8 Å². The second-order valence-corrected chi connectivity index (χ2v) is 10.2. The van der Waals surface area contributed by atoms with E-state index in [1.807, 2.05) is 41.2 Å². The number of piperidine rings is 1. The maximum absolute atomic E-state index is 13.8. The van der Waals surface area contributed by atoms with Crippen LogP contribution in [-0.2, 0) is 4.74 Å². The molecule has 0 saturated carbocycles. The van der Waals surface area contributed by atoms with Crippen molar-refractivity contribution >= 4 is 5.52 Å². The van der Waals surface area contributed by atoms with Crippen LogP contribution in [0.4, 0.5) is 4.39 Å². The van der Waals surface area contributed by atoms with E-state index in [0.29, 0.717) is 25.4 Å². The number of ether oxygens (including phenoxy) is 2. The van der Waals surface area contributed by atoms with Gasteiger partial charge in [0.2, 0.25) is 0 Å². The fourth-order valence-corrected chi connectivity index (χ4v) is 5.37. The average molecular weight is 565 g/mol. The van der Waals surface area contributed by atoms with Gasteiger partial charge in [-0.25, -0.2) is 13.6 Å². The summed E-state index contributed by atoms with van der Waals surface area (Å²) in [7, 11) is 0. The van der Waals surface area contributed by atoms with E-state index >= 15 is 0 Å². The maximum Gasteiger partial charge on any atom is 0.179 e. The number of rotatable bonds is 7. The quantitative estimate of drug-likeness (QED) is 0.231. The summed E-state index contributed by atoms with van der Waals surface area (Å²) < 4.78 is 29.5. The number of halogens is 1. The molecule has 1 fully saturated rings. The molecular weight excluding hydrogens is 535 g/mol. The third kappa shape index (κ3) is 5.37. The van der Waals surface area contributed by atoms with Gasteiger partial charge in [-0.05, 0) is 50.5 Å². The molecule has 1 saturated heterocycles. The molecule has 42 heavy (non-hydrogen) atoms. The first-order valence-corrected chi connectivity index (χ1v) is 13.7. The summed E-state index contributed by atoms with van der Waals surface area (Å²) in [5.74, 6) is 6.33. The average Bonchev–Trinajstić information content (AvgIpc) is 3.61. The second kappa shape index (κ2) is 11.7. The minimum atomic E-state index is -0.475. The molecule has 11 heteroatoms. The van der Waals surface area contributed by atoms with E-state index < -0.39 is 6.10 Å². The van der Waals surface area contributed by atoms with E-state index in [-0.39, 0.29) is 11.9 Å².